The van der Waals surface area contributed by atoms with Gasteiger partial charge in [0.05, 0.1) is 4.90 Å². The molecule has 0 amide bonds. The van der Waals surface area contributed by atoms with E-state index in [2.05, 4.69) is 10.2 Å². The highest BCUT2D eigenvalue weighted by Gasteiger charge is 2.39. The summed E-state index contributed by atoms with van der Waals surface area (Å²) >= 11 is 0. The molecular formula is C19H30N4O2S. The molecule has 0 saturated carbocycles. The molecule has 7 heteroatoms. The summed E-state index contributed by atoms with van der Waals surface area (Å²) in [7, 11) is -3.42. The lowest BCUT2D eigenvalue weighted by molar-refractivity contribution is 0.0520. The Kier molecular flexibility index (Phi) is 5.09. The van der Waals surface area contributed by atoms with Crippen molar-refractivity contribution in [2.75, 3.05) is 39.3 Å². The van der Waals surface area contributed by atoms with Crippen molar-refractivity contribution in [2.45, 2.75) is 43.2 Å². The Morgan fingerprint density at radius 1 is 1.12 bits per heavy atom. The minimum absolute atomic E-state index is 0.0499. The summed E-state index contributed by atoms with van der Waals surface area (Å²) < 4.78 is 27.1. The molecule has 6 nitrogen and oxygen atoms in total. The molecule has 3 fully saturated rings. The number of piperidine rings is 2. The van der Waals surface area contributed by atoms with Crippen LogP contribution < -0.4 is 11.1 Å². The number of sulfonamides is 1. The smallest absolute Gasteiger partial charge is 0.243 e. The Labute approximate surface area is 156 Å². The summed E-state index contributed by atoms with van der Waals surface area (Å²) in [6.45, 7) is 6.51. The maximum atomic E-state index is 12.8. The number of nitrogens with one attached hydrogen (secondary N) is 1. The summed E-state index contributed by atoms with van der Waals surface area (Å²) in [5.74, 6) is 0. The van der Waals surface area contributed by atoms with Gasteiger partial charge in [0.1, 0.15) is 0 Å². The molecule has 4 rings (SSSR count). The zero-order chi connectivity index (χ0) is 18.2. The zero-order valence-corrected chi connectivity index (χ0v) is 16.2. The Hall–Kier alpha value is -0.990. The summed E-state index contributed by atoms with van der Waals surface area (Å²) in [4.78, 5) is 2.87. The molecule has 1 aromatic carbocycles. The van der Waals surface area contributed by atoms with Crippen LogP contribution in [0.1, 0.15) is 31.2 Å². The van der Waals surface area contributed by atoms with Crippen LogP contribution in [0.3, 0.4) is 0 Å². The molecule has 1 unspecified atom stereocenters. The molecule has 3 saturated heterocycles. The van der Waals surface area contributed by atoms with Crippen molar-refractivity contribution in [3.8, 4) is 0 Å². The highest BCUT2D eigenvalue weighted by molar-refractivity contribution is 7.89. The van der Waals surface area contributed by atoms with Crippen molar-refractivity contribution < 1.29 is 8.42 Å². The molecular weight excluding hydrogens is 348 g/mol. The monoisotopic (exact) mass is 378 g/mol. The second-order valence-corrected chi connectivity index (χ2v) is 10.2. The molecule has 144 valence electrons. The van der Waals surface area contributed by atoms with E-state index >= 15 is 0 Å². The average Bonchev–Trinajstić information content (AvgIpc) is 2.62. The van der Waals surface area contributed by atoms with E-state index < -0.39 is 10.0 Å². The third kappa shape index (κ3) is 3.68. The fourth-order valence-electron chi connectivity index (χ4n) is 4.38. The van der Waals surface area contributed by atoms with Gasteiger partial charge in [-0.3, -0.25) is 4.90 Å². The summed E-state index contributed by atoms with van der Waals surface area (Å²) in [5.41, 5.74) is 7.69. The van der Waals surface area contributed by atoms with Crippen LogP contribution >= 0.6 is 0 Å². The fourth-order valence-corrected chi connectivity index (χ4v) is 5.92. The van der Waals surface area contributed by atoms with Crippen molar-refractivity contribution in [3.63, 3.8) is 0 Å². The van der Waals surface area contributed by atoms with E-state index in [0.717, 1.165) is 32.5 Å². The molecule has 3 aliphatic rings. The third-order valence-electron chi connectivity index (χ3n) is 6.30. The first-order chi connectivity index (χ1) is 12.5. The van der Waals surface area contributed by atoms with Crippen LogP contribution in [0.2, 0.25) is 0 Å². The van der Waals surface area contributed by atoms with Crippen LogP contribution in [0, 0.1) is 5.41 Å². The second kappa shape index (κ2) is 7.20. The van der Waals surface area contributed by atoms with Gasteiger partial charge in [0.25, 0.3) is 0 Å². The van der Waals surface area contributed by atoms with Gasteiger partial charge in [0, 0.05) is 38.8 Å². The first kappa shape index (κ1) is 18.4. The zero-order valence-electron chi connectivity index (χ0n) is 15.4. The second-order valence-electron chi connectivity index (χ2n) is 8.29. The normalized spacial score (nSPS) is 27.3. The predicted octanol–water partition coefficient (Wildman–Crippen LogP) is 0.984. The molecule has 3 heterocycles. The Balaban J connectivity index is 1.37. The van der Waals surface area contributed by atoms with Crippen molar-refractivity contribution in [1.82, 2.24) is 14.5 Å². The van der Waals surface area contributed by atoms with Gasteiger partial charge in [-0.25, -0.2) is 8.42 Å². The SMILES string of the molecule is NC1CCCN(S(=O)(=O)c2ccc(CN3CCC4(CC3)CNC4)cc2)C1. The summed E-state index contributed by atoms with van der Waals surface area (Å²) in [6.07, 6.45) is 4.27. The molecule has 3 aliphatic heterocycles. The summed E-state index contributed by atoms with van der Waals surface area (Å²) in [5, 5.41) is 3.40. The van der Waals surface area contributed by atoms with E-state index in [-0.39, 0.29) is 6.04 Å². The highest BCUT2D eigenvalue weighted by atomic mass is 32.2. The van der Waals surface area contributed by atoms with Crippen molar-refractivity contribution >= 4 is 10.0 Å². The molecule has 1 atom stereocenters. The lowest BCUT2D eigenvalue weighted by atomic mass is 9.73. The molecule has 1 aromatic rings. The number of benzene rings is 1. The molecule has 3 N–H and O–H groups in total. The number of nitrogens with two attached hydrogens (primary N) is 1. The maximum absolute atomic E-state index is 12.8. The number of likely N-dealkylation sites (tertiary alicyclic amines) is 1. The van der Waals surface area contributed by atoms with Crippen LogP contribution in [0.5, 0.6) is 0 Å². The van der Waals surface area contributed by atoms with E-state index in [0.29, 0.717) is 23.4 Å². The van der Waals surface area contributed by atoms with Gasteiger partial charge in [-0.1, -0.05) is 12.1 Å². The minimum atomic E-state index is -3.42. The van der Waals surface area contributed by atoms with Crippen molar-refractivity contribution in [3.05, 3.63) is 29.8 Å². The number of rotatable bonds is 4. The predicted molar refractivity (Wildman–Crippen MR) is 102 cm³/mol. The van der Waals surface area contributed by atoms with Gasteiger partial charge in [0.15, 0.2) is 0 Å². The van der Waals surface area contributed by atoms with E-state index in [1.54, 1.807) is 12.1 Å². The quantitative estimate of drug-likeness (QED) is 0.817. The van der Waals surface area contributed by atoms with Crippen LogP contribution in [-0.2, 0) is 16.6 Å². The van der Waals surface area contributed by atoms with Crippen molar-refractivity contribution in [1.29, 1.82) is 0 Å². The lowest BCUT2D eigenvalue weighted by Crippen LogP contribution is -2.58. The largest absolute Gasteiger partial charge is 0.327 e. The molecule has 0 aromatic heterocycles. The molecule has 26 heavy (non-hydrogen) atoms. The van der Waals surface area contributed by atoms with Gasteiger partial charge in [-0.15, -0.1) is 0 Å². The highest BCUT2D eigenvalue weighted by Crippen LogP contribution is 2.35. The van der Waals surface area contributed by atoms with E-state index in [9.17, 15) is 8.42 Å². The van der Waals surface area contributed by atoms with Crippen LogP contribution in [0.4, 0.5) is 0 Å². The topological polar surface area (TPSA) is 78.7 Å². The molecule has 1 spiro atoms. The number of nitrogens with zero attached hydrogens (tertiary/aromatic N) is 2. The van der Waals surface area contributed by atoms with Gasteiger partial charge >= 0.3 is 0 Å². The number of hydrogen-bond acceptors (Lipinski definition) is 5. The van der Waals surface area contributed by atoms with Gasteiger partial charge < -0.3 is 11.1 Å². The Morgan fingerprint density at radius 3 is 2.38 bits per heavy atom. The van der Waals surface area contributed by atoms with Crippen molar-refractivity contribution in [2.24, 2.45) is 11.1 Å². The van der Waals surface area contributed by atoms with Crippen LogP contribution in [-0.4, -0.2) is 62.9 Å². The molecule has 0 bridgehead atoms. The Bertz CT molecular complexity index is 720. The standard InChI is InChI=1S/C19H30N4O2S/c20-17-2-1-9-23(13-17)26(24,25)18-5-3-16(4-6-18)12-22-10-7-19(8-11-22)14-21-15-19/h3-6,17,21H,1-2,7-15,20H2. The van der Waals surface area contributed by atoms with E-state index in [1.807, 2.05) is 12.1 Å². The lowest BCUT2D eigenvalue weighted by Gasteiger charge is -2.48. The van der Waals surface area contributed by atoms with Gasteiger partial charge in [0.2, 0.25) is 10.0 Å². The molecule has 0 radical (unpaired) electrons. The van der Waals surface area contributed by atoms with Gasteiger partial charge in [-0.2, -0.15) is 4.31 Å². The summed E-state index contributed by atoms with van der Waals surface area (Å²) in [6, 6.07) is 7.39. The minimum Gasteiger partial charge on any atom is -0.327 e. The third-order valence-corrected chi connectivity index (χ3v) is 8.18. The number of hydrogen-bond donors (Lipinski definition) is 2. The maximum Gasteiger partial charge on any atom is 0.243 e. The fraction of sp³-hybridized carbons (Fsp3) is 0.684. The molecule has 0 aliphatic carbocycles. The first-order valence-corrected chi connectivity index (χ1v) is 11.2. The first-order valence-electron chi connectivity index (χ1n) is 9.75. The Morgan fingerprint density at radius 2 is 1.81 bits per heavy atom. The van der Waals surface area contributed by atoms with Gasteiger partial charge in [-0.05, 0) is 61.9 Å². The average molecular weight is 379 g/mol. The van der Waals surface area contributed by atoms with Crippen LogP contribution in [0.15, 0.2) is 29.2 Å². The van der Waals surface area contributed by atoms with E-state index in [1.165, 1.54) is 35.8 Å². The van der Waals surface area contributed by atoms with E-state index in [4.69, 9.17) is 5.73 Å². The van der Waals surface area contributed by atoms with Crippen LogP contribution in [0.25, 0.3) is 0 Å².